The predicted octanol–water partition coefficient (Wildman–Crippen LogP) is 1.58. The lowest BCUT2D eigenvalue weighted by atomic mass is 10.3. The fourth-order valence-corrected chi connectivity index (χ4v) is 2.01. The molecule has 0 aliphatic rings. The summed E-state index contributed by atoms with van der Waals surface area (Å²) in [6.45, 7) is 0.347. The van der Waals surface area contributed by atoms with Crippen LogP contribution in [0.15, 0.2) is 39.7 Å². The molecule has 8 nitrogen and oxygen atoms in total. The molecule has 0 saturated heterocycles. The van der Waals surface area contributed by atoms with Crippen LogP contribution in [0, 0.1) is 0 Å². The van der Waals surface area contributed by atoms with Crippen molar-refractivity contribution in [3.8, 4) is 11.5 Å². The molecule has 8 heteroatoms. The Morgan fingerprint density at radius 3 is 2.54 bits per heavy atom. The predicted molar refractivity (Wildman–Crippen MR) is 90.6 cm³/mol. The molecule has 0 spiro atoms. The Morgan fingerprint density at radius 1 is 1.21 bits per heavy atom. The normalized spacial score (nSPS) is 11.0. The van der Waals surface area contributed by atoms with Gasteiger partial charge in [0.05, 0.1) is 20.8 Å². The highest BCUT2D eigenvalue weighted by Gasteiger charge is 2.09. The Bertz CT molecular complexity index is 739. The van der Waals surface area contributed by atoms with Gasteiger partial charge in [0.1, 0.15) is 5.76 Å². The second-order valence-electron chi connectivity index (χ2n) is 4.75. The molecule has 128 valence electrons. The largest absolute Gasteiger partial charge is 0.493 e. The molecule has 1 aromatic carbocycles. The number of ether oxygens (including phenoxy) is 2. The monoisotopic (exact) mass is 332 g/mol. The maximum atomic E-state index is 11.0. The number of primary amides is 1. The number of rotatable bonds is 6. The number of nitrogens with zero attached hydrogens (tertiary/aromatic N) is 1. The minimum Gasteiger partial charge on any atom is -0.493 e. The van der Waals surface area contributed by atoms with E-state index in [2.05, 4.69) is 15.6 Å². The van der Waals surface area contributed by atoms with Gasteiger partial charge in [0.15, 0.2) is 23.2 Å². The van der Waals surface area contributed by atoms with Gasteiger partial charge in [0.2, 0.25) is 0 Å². The van der Waals surface area contributed by atoms with E-state index in [9.17, 15) is 4.79 Å². The molecule has 0 aliphatic heterocycles. The van der Waals surface area contributed by atoms with E-state index in [1.54, 1.807) is 39.5 Å². The molecule has 0 aliphatic carbocycles. The maximum Gasteiger partial charge on any atom is 0.284 e. The number of benzene rings is 1. The van der Waals surface area contributed by atoms with Gasteiger partial charge < -0.3 is 30.3 Å². The van der Waals surface area contributed by atoms with Crippen molar-refractivity contribution in [3.63, 3.8) is 0 Å². The Hall–Kier alpha value is -3.16. The molecule has 1 aromatic heterocycles. The van der Waals surface area contributed by atoms with Crippen molar-refractivity contribution in [3.05, 3.63) is 41.9 Å². The summed E-state index contributed by atoms with van der Waals surface area (Å²) in [4.78, 5) is 15.1. The molecule has 0 saturated carbocycles. The molecule has 2 rings (SSSR count). The van der Waals surface area contributed by atoms with Crippen LogP contribution in [0.2, 0.25) is 0 Å². The minimum absolute atomic E-state index is 0.120. The molecular weight excluding hydrogens is 312 g/mol. The number of amides is 1. The second kappa shape index (κ2) is 7.91. The van der Waals surface area contributed by atoms with Gasteiger partial charge in [-0.15, -0.1) is 0 Å². The van der Waals surface area contributed by atoms with Crippen LogP contribution in [0.25, 0.3) is 0 Å². The van der Waals surface area contributed by atoms with Crippen LogP contribution in [0.4, 0.5) is 5.69 Å². The molecular formula is C16H20N4O4. The Morgan fingerprint density at radius 2 is 1.96 bits per heavy atom. The first-order chi connectivity index (χ1) is 11.6. The molecule has 1 amide bonds. The topological polar surface area (TPSA) is 111 Å². The summed E-state index contributed by atoms with van der Waals surface area (Å²) in [7, 11) is 4.80. The van der Waals surface area contributed by atoms with E-state index in [1.807, 2.05) is 6.07 Å². The second-order valence-corrected chi connectivity index (χ2v) is 4.75. The fraction of sp³-hybridized carbons (Fsp3) is 0.250. The number of nitrogens with two attached hydrogens (primary N) is 1. The lowest BCUT2D eigenvalue weighted by molar-refractivity contribution is 0.0972. The molecule has 0 fully saturated rings. The number of methoxy groups -OCH3 is 2. The number of furan rings is 1. The van der Waals surface area contributed by atoms with Crippen LogP contribution < -0.4 is 25.8 Å². The number of hydrogen-bond acceptors (Lipinski definition) is 5. The van der Waals surface area contributed by atoms with Crippen molar-refractivity contribution in [2.75, 3.05) is 26.6 Å². The average molecular weight is 332 g/mol. The third kappa shape index (κ3) is 4.19. The number of carbonyl (C=O) groups excluding carboxylic acids is 1. The molecule has 2 aromatic rings. The number of hydrogen-bond donors (Lipinski definition) is 3. The Kier molecular flexibility index (Phi) is 5.67. The van der Waals surface area contributed by atoms with Gasteiger partial charge in [0.25, 0.3) is 5.91 Å². The quantitative estimate of drug-likeness (QED) is 0.547. The highest BCUT2D eigenvalue weighted by Crippen LogP contribution is 2.29. The summed E-state index contributed by atoms with van der Waals surface area (Å²) in [6, 6.07) is 8.64. The third-order valence-electron chi connectivity index (χ3n) is 3.20. The molecule has 0 radical (unpaired) electrons. The standard InChI is InChI=1S/C16H20N4O4/c1-18-16(19-9-11-5-7-13(24-11)15(17)21)20-10-4-6-12(22-2)14(8-10)23-3/h4-8H,9H2,1-3H3,(H2,17,21)(H2,18,19,20). The van der Waals surface area contributed by atoms with E-state index in [0.29, 0.717) is 29.8 Å². The summed E-state index contributed by atoms with van der Waals surface area (Å²) in [5.74, 6) is 1.86. The highest BCUT2D eigenvalue weighted by atomic mass is 16.5. The van der Waals surface area contributed by atoms with Crippen LogP contribution in [-0.4, -0.2) is 33.1 Å². The van der Waals surface area contributed by atoms with Gasteiger partial charge in [-0.2, -0.15) is 0 Å². The van der Waals surface area contributed by atoms with Crippen LogP contribution in [0.1, 0.15) is 16.3 Å². The molecule has 0 atom stereocenters. The first kappa shape index (κ1) is 17.2. The fourth-order valence-electron chi connectivity index (χ4n) is 2.01. The Labute approximate surface area is 139 Å². The summed E-state index contributed by atoms with van der Waals surface area (Å²) < 4.78 is 15.8. The molecule has 24 heavy (non-hydrogen) atoms. The average Bonchev–Trinajstić information content (AvgIpc) is 3.07. The van der Waals surface area contributed by atoms with E-state index >= 15 is 0 Å². The van der Waals surface area contributed by atoms with Crippen molar-refractivity contribution in [1.82, 2.24) is 5.32 Å². The third-order valence-corrected chi connectivity index (χ3v) is 3.20. The van der Waals surface area contributed by atoms with E-state index in [1.165, 1.54) is 6.07 Å². The zero-order valence-corrected chi connectivity index (χ0v) is 13.8. The number of guanidine groups is 1. The van der Waals surface area contributed by atoms with Crippen LogP contribution in [0.3, 0.4) is 0 Å². The van der Waals surface area contributed by atoms with Gasteiger partial charge in [-0.05, 0) is 24.3 Å². The lowest BCUT2D eigenvalue weighted by Gasteiger charge is -2.13. The van der Waals surface area contributed by atoms with E-state index in [-0.39, 0.29) is 5.76 Å². The van der Waals surface area contributed by atoms with Crippen LogP contribution in [0.5, 0.6) is 11.5 Å². The summed E-state index contributed by atoms with van der Waals surface area (Å²) >= 11 is 0. The highest BCUT2D eigenvalue weighted by molar-refractivity contribution is 5.93. The molecule has 4 N–H and O–H groups in total. The SMILES string of the molecule is CN=C(NCc1ccc(C(N)=O)o1)Nc1ccc(OC)c(OC)c1. The van der Waals surface area contributed by atoms with Gasteiger partial charge in [-0.25, -0.2) is 0 Å². The smallest absolute Gasteiger partial charge is 0.284 e. The maximum absolute atomic E-state index is 11.0. The number of carbonyl (C=O) groups is 1. The van der Waals surface area contributed by atoms with Crippen molar-refractivity contribution >= 4 is 17.6 Å². The zero-order chi connectivity index (χ0) is 17.5. The van der Waals surface area contributed by atoms with Gasteiger partial charge in [0, 0.05) is 18.8 Å². The van der Waals surface area contributed by atoms with Crippen molar-refractivity contribution < 1.29 is 18.7 Å². The number of aliphatic imine (C=N–C) groups is 1. The summed E-state index contributed by atoms with van der Waals surface area (Å²) in [5, 5.41) is 6.20. The summed E-state index contributed by atoms with van der Waals surface area (Å²) in [6.07, 6.45) is 0. The van der Waals surface area contributed by atoms with Crippen LogP contribution in [-0.2, 0) is 6.54 Å². The van der Waals surface area contributed by atoms with Gasteiger partial charge in [-0.3, -0.25) is 9.79 Å². The molecule has 0 bridgehead atoms. The number of nitrogens with one attached hydrogen (secondary N) is 2. The number of anilines is 1. The van der Waals surface area contributed by atoms with Gasteiger partial charge in [-0.1, -0.05) is 0 Å². The van der Waals surface area contributed by atoms with Gasteiger partial charge >= 0.3 is 0 Å². The lowest BCUT2D eigenvalue weighted by Crippen LogP contribution is -2.30. The van der Waals surface area contributed by atoms with E-state index in [0.717, 1.165) is 5.69 Å². The van der Waals surface area contributed by atoms with Crippen molar-refractivity contribution in [2.45, 2.75) is 6.54 Å². The Balaban J connectivity index is 2.00. The minimum atomic E-state index is -0.603. The van der Waals surface area contributed by atoms with Crippen molar-refractivity contribution in [2.24, 2.45) is 10.7 Å². The summed E-state index contributed by atoms with van der Waals surface area (Å²) in [5.41, 5.74) is 5.93. The molecule has 0 unspecified atom stereocenters. The van der Waals surface area contributed by atoms with E-state index < -0.39 is 5.91 Å². The first-order valence-electron chi connectivity index (χ1n) is 7.15. The van der Waals surface area contributed by atoms with Crippen LogP contribution >= 0.6 is 0 Å². The first-order valence-corrected chi connectivity index (χ1v) is 7.15. The van der Waals surface area contributed by atoms with E-state index in [4.69, 9.17) is 19.6 Å². The molecule has 1 heterocycles. The van der Waals surface area contributed by atoms with Crippen molar-refractivity contribution in [1.29, 1.82) is 0 Å². The zero-order valence-electron chi connectivity index (χ0n) is 13.8.